The lowest BCUT2D eigenvalue weighted by atomic mass is 10.2. The number of rotatable bonds is 7. The van der Waals surface area contributed by atoms with Crippen molar-refractivity contribution in [1.29, 1.82) is 0 Å². The lowest BCUT2D eigenvalue weighted by Gasteiger charge is -2.22. The molecule has 0 fully saturated rings. The molecule has 9 heteroatoms. The number of nitrogens with zero attached hydrogens (tertiary/aromatic N) is 3. The summed E-state index contributed by atoms with van der Waals surface area (Å²) in [4.78, 5) is 14.1. The zero-order valence-electron chi connectivity index (χ0n) is 15.3. The fraction of sp³-hybridized carbons (Fsp3) is 0.222. The number of hydrazone groups is 1. The molecule has 0 aliphatic carbocycles. The molecule has 1 N–H and O–H groups in total. The number of hydrogen-bond acceptors (Lipinski definition) is 5. The number of carbonyl (C=O) groups is 1. The second kappa shape index (κ2) is 9.01. The lowest BCUT2D eigenvalue weighted by Crippen LogP contribution is -2.39. The Bertz CT molecular complexity index is 928. The molecule has 0 saturated carbocycles. The van der Waals surface area contributed by atoms with Crippen molar-refractivity contribution >= 4 is 49.4 Å². The Labute approximate surface area is 167 Å². The summed E-state index contributed by atoms with van der Waals surface area (Å²) in [5.41, 5.74) is 4.61. The third-order valence-electron chi connectivity index (χ3n) is 3.62. The molecule has 2 rings (SSSR count). The highest BCUT2D eigenvalue weighted by Gasteiger charge is 2.22. The van der Waals surface area contributed by atoms with Crippen molar-refractivity contribution in [3.63, 3.8) is 0 Å². The molecule has 0 bridgehead atoms. The highest BCUT2D eigenvalue weighted by Crippen LogP contribution is 2.27. The van der Waals surface area contributed by atoms with Crippen LogP contribution in [-0.2, 0) is 14.8 Å². The Morgan fingerprint density at radius 2 is 1.78 bits per heavy atom. The standard InChI is InChI=1S/C18H21BrN4O3S/c1-22(2)15-10-8-14(9-11-15)12-20-21-18(24)13-23(27(3,25)26)17-7-5-4-6-16(17)19/h4-12H,13H2,1-3H3,(H,21,24)/b20-12+. The number of sulfonamides is 1. The molecule has 0 saturated heterocycles. The predicted molar refractivity (Wildman–Crippen MR) is 113 cm³/mol. The first-order valence-electron chi connectivity index (χ1n) is 8.00. The van der Waals surface area contributed by atoms with Gasteiger partial charge in [0.25, 0.3) is 5.91 Å². The fourth-order valence-electron chi connectivity index (χ4n) is 2.24. The fourth-order valence-corrected chi connectivity index (χ4v) is 3.72. The molecule has 27 heavy (non-hydrogen) atoms. The SMILES string of the molecule is CN(C)c1ccc(/C=N/NC(=O)CN(c2ccccc2Br)S(C)(=O)=O)cc1. The smallest absolute Gasteiger partial charge is 0.260 e. The van der Waals surface area contributed by atoms with E-state index in [0.717, 1.165) is 21.8 Å². The average molecular weight is 453 g/mol. The molecular formula is C18H21BrN4O3S. The summed E-state index contributed by atoms with van der Waals surface area (Å²) in [6.45, 7) is -0.377. The Morgan fingerprint density at radius 1 is 1.15 bits per heavy atom. The molecule has 1 amide bonds. The van der Waals surface area contributed by atoms with Gasteiger partial charge in [-0.05, 0) is 45.8 Å². The summed E-state index contributed by atoms with van der Waals surface area (Å²) < 4.78 is 25.8. The first-order chi connectivity index (χ1) is 12.7. The Hall–Kier alpha value is -2.39. The van der Waals surface area contributed by atoms with E-state index in [2.05, 4.69) is 26.5 Å². The van der Waals surface area contributed by atoms with Gasteiger partial charge in [-0.3, -0.25) is 9.10 Å². The van der Waals surface area contributed by atoms with E-state index in [4.69, 9.17) is 0 Å². The number of amides is 1. The molecule has 0 unspecified atom stereocenters. The van der Waals surface area contributed by atoms with Gasteiger partial charge in [0.05, 0.1) is 18.2 Å². The number of nitrogens with one attached hydrogen (secondary N) is 1. The van der Waals surface area contributed by atoms with Crippen molar-refractivity contribution in [3.05, 3.63) is 58.6 Å². The van der Waals surface area contributed by atoms with Crippen LogP contribution in [0.5, 0.6) is 0 Å². The van der Waals surface area contributed by atoms with Gasteiger partial charge in [0.15, 0.2) is 0 Å². The van der Waals surface area contributed by atoms with Gasteiger partial charge in [-0.1, -0.05) is 24.3 Å². The van der Waals surface area contributed by atoms with Crippen molar-refractivity contribution in [2.24, 2.45) is 5.10 Å². The maximum atomic E-state index is 12.2. The van der Waals surface area contributed by atoms with E-state index in [0.29, 0.717) is 10.2 Å². The number of anilines is 2. The molecular weight excluding hydrogens is 432 g/mol. The quantitative estimate of drug-likeness (QED) is 0.516. The summed E-state index contributed by atoms with van der Waals surface area (Å²) in [6, 6.07) is 14.4. The third-order valence-corrected chi connectivity index (χ3v) is 5.42. The van der Waals surface area contributed by atoms with Gasteiger partial charge in [0.2, 0.25) is 10.0 Å². The van der Waals surface area contributed by atoms with Crippen LogP contribution in [-0.4, -0.2) is 47.4 Å². The third kappa shape index (κ3) is 6.07. The Balaban J connectivity index is 2.05. The van der Waals surface area contributed by atoms with Crippen LogP contribution in [0.3, 0.4) is 0 Å². The normalized spacial score (nSPS) is 11.4. The summed E-state index contributed by atoms with van der Waals surface area (Å²) >= 11 is 3.31. The van der Waals surface area contributed by atoms with E-state index in [1.54, 1.807) is 24.3 Å². The largest absolute Gasteiger partial charge is 0.378 e. The minimum atomic E-state index is -3.64. The molecule has 2 aromatic rings. The maximum Gasteiger partial charge on any atom is 0.260 e. The second-order valence-electron chi connectivity index (χ2n) is 6.00. The van der Waals surface area contributed by atoms with Crippen LogP contribution < -0.4 is 14.6 Å². The highest BCUT2D eigenvalue weighted by molar-refractivity contribution is 9.10. The van der Waals surface area contributed by atoms with Crippen molar-refractivity contribution in [2.75, 3.05) is 36.1 Å². The first kappa shape index (κ1) is 20.9. The van der Waals surface area contributed by atoms with Crippen molar-refractivity contribution in [1.82, 2.24) is 5.43 Å². The monoisotopic (exact) mass is 452 g/mol. The zero-order chi connectivity index (χ0) is 20.0. The van der Waals surface area contributed by atoms with E-state index in [-0.39, 0.29) is 6.54 Å². The number of carbonyl (C=O) groups excluding carboxylic acids is 1. The second-order valence-corrected chi connectivity index (χ2v) is 8.76. The van der Waals surface area contributed by atoms with Crippen LogP contribution in [0.4, 0.5) is 11.4 Å². The molecule has 0 aromatic heterocycles. The predicted octanol–water partition coefficient (Wildman–Crippen LogP) is 2.43. The Kier molecular flexibility index (Phi) is 6.98. The van der Waals surface area contributed by atoms with E-state index in [1.807, 2.05) is 43.3 Å². The van der Waals surface area contributed by atoms with Crippen LogP contribution in [0.1, 0.15) is 5.56 Å². The zero-order valence-corrected chi connectivity index (χ0v) is 17.7. The molecule has 144 valence electrons. The summed E-state index contributed by atoms with van der Waals surface area (Å²) in [5.74, 6) is -0.544. The van der Waals surface area contributed by atoms with Gasteiger partial charge in [-0.15, -0.1) is 0 Å². The lowest BCUT2D eigenvalue weighted by molar-refractivity contribution is -0.119. The minimum Gasteiger partial charge on any atom is -0.378 e. The molecule has 0 atom stereocenters. The van der Waals surface area contributed by atoms with Gasteiger partial charge < -0.3 is 4.90 Å². The van der Waals surface area contributed by atoms with Gasteiger partial charge >= 0.3 is 0 Å². The molecule has 0 heterocycles. The van der Waals surface area contributed by atoms with Gasteiger partial charge in [-0.2, -0.15) is 5.10 Å². The van der Waals surface area contributed by atoms with Crippen molar-refractivity contribution in [2.45, 2.75) is 0 Å². The van der Waals surface area contributed by atoms with Gasteiger partial charge in [0, 0.05) is 24.3 Å². The van der Waals surface area contributed by atoms with Crippen LogP contribution >= 0.6 is 15.9 Å². The highest BCUT2D eigenvalue weighted by atomic mass is 79.9. The number of benzene rings is 2. The number of para-hydroxylation sites is 1. The van der Waals surface area contributed by atoms with Crippen LogP contribution in [0.25, 0.3) is 0 Å². The molecule has 0 radical (unpaired) electrons. The number of hydrogen-bond donors (Lipinski definition) is 1. The Morgan fingerprint density at radius 3 is 2.33 bits per heavy atom. The molecule has 0 aliphatic rings. The molecule has 0 aliphatic heterocycles. The van der Waals surface area contributed by atoms with Crippen LogP contribution in [0.15, 0.2) is 58.1 Å². The van der Waals surface area contributed by atoms with Gasteiger partial charge in [-0.25, -0.2) is 13.8 Å². The van der Waals surface area contributed by atoms with E-state index < -0.39 is 15.9 Å². The van der Waals surface area contributed by atoms with E-state index >= 15 is 0 Å². The molecule has 0 spiro atoms. The van der Waals surface area contributed by atoms with E-state index in [1.165, 1.54) is 6.21 Å². The van der Waals surface area contributed by atoms with Gasteiger partial charge in [0.1, 0.15) is 6.54 Å². The van der Waals surface area contributed by atoms with E-state index in [9.17, 15) is 13.2 Å². The average Bonchev–Trinajstić information content (AvgIpc) is 2.60. The minimum absolute atomic E-state index is 0.377. The number of halogens is 1. The van der Waals surface area contributed by atoms with Crippen LogP contribution in [0.2, 0.25) is 0 Å². The van der Waals surface area contributed by atoms with Crippen LogP contribution in [0, 0.1) is 0 Å². The summed E-state index contributed by atoms with van der Waals surface area (Å²) in [7, 11) is 0.253. The summed E-state index contributed by atoms with van der Waals surface area (Å²) in [5, 5.41) is 3.90. The van der Waals surface area contributed by atoms with Crippen molar-refractivity contribution in [3.8, 4) is 0 Å². The maximum absolute atomic E-state index is 12.2. The molecule has 7 nitrogen and oxygen atoms in total. The molecule has 2 aromatic carbocycles. The summed E-state index contributed by atoms with van der Waals surface area (Å²) in [6.07, 6.45) is 2.55. The topological polar surface area (TPSA) is 82.1 Å². The first-order valence-corrected chi connectivity index (χ1v) is 10.6. The van der Waals surface area contributed by atoms with Crippen molar-refractivity contribution < 1.29 is 13.2 Å².